The van der Waals surface area contributed by atoms with Crippen molar-refractivity contribution in [3.63, 3.8) is 0 Å². The van der Waals surface area contributed by atoms with Gasteiger partial charge in [-0.25, -0.2) is 13.2 Å². The predicted molar refractivity (Wildman–Crippen MR) is 141 cm³/mol. The van der Waals surface area contributed by atoms with E-state index in [1.54, 1.807) is 6.07 Å². The molecule has 0 aliphatic rings. The van der Waals surface area contributed by atoms with Gasteiger partial charge in [-0.05, 0) is 77.1 Å². The van der Waals surface area contributed by atoms with Gasteiger partial charge >= 0.3 is 0 Å². The van der Waals surface area contributed by atoms with Crippen LogP contribution >= 0.6 is 11.6 Å². The van der Waals surface area contributed by atoms with Crippen LogP contribution in [0.4, 0.5) is 13.2 Å². The maximum atomic E-state index is 15.2. The molecule has 4 heteroatoms. The Kier molecular flexibility index (Phi) is 8.51. The van der Waals surface area contributed by atoms with Crippen LogP contribution in [-0.2, 0) is 19.3 Å². The second kappa shape index (κ2) is 11.8. The summed E-state index contributed by atoms with van der Waals surface area (Å²) in [7, 11) is 0. The van der Waals surface area contributed by atoms with Gasteiger partial charge in [0.25, 0.3) is 0 Å². The summed E-state index contributed by atoms with van der Waals surface area (Å²) in [4.78, 5) is 0. The standard InChI is InChI=1S/C31H30ClF3/c1-2-3-4-5-6-7-21-8-11-23(12-9-21)25-16-17-27-26(20-25)15-14-24(31(27)35)13-10-22-18-28(33)30(32)29(34)19-22/h8-9,11-12,14-20H,2-7,10,13H2,1H3. The number of benzene rings is 4. The van der Waals surface area contributed by atoms with Gasteiger partial charge in [-0.2, -0.15) is 0 Å². The number of hydrogen-bond acceptors (Lipinski definition) is 0. The summed E-state index contributed by atoms with van der Waals surface area (Å²) in [5, 5.41) is 0.856. The number of aryl methyl sites for hydroxylation is 3. The highest BCUT2D eigenvalue weighted by Crippen LogP contribution is 2.29. The highest BCUT2D eigenvalue weighted by Gasteiger charge is 2.12. The van der Waals surface area contributed by atoms with Gasteiger partial charge in [0.1, 0.15) is 22.5 Å². The van der Waals surface area contributed by atoms with Crippen molar-refractivity contribution in [3.8, 4) is 11.1 Å². The molecule has 0 heterocycles. The fourth-order valence-electron chi connectivity index (χ4n) is 4.54. The minimum Gasteiger partial charge on any atom is -0.206 e. The Morgan fingerprint density at radius 1 is 0.629 bits per heavy atom. The number of halogens is 4. The quantitative estimate of drug-likeness (QED) is 0.152. The Hall–Kier alpha value is -2.78. The highest BCUT2D eigenvalue weighted by atomic mass is 35.5. The van der Waals surface area contributed by atoms with Crippen molar-refractivity contribution >= 4 is 22.4 Å². The molecule has 0 nitrogen and oxygen atoms in total. The van der Waals surface area contributed by atoms with Crippen LogP contribution in [0, 0.1) is 17.5 Å². The minimum atomic E-state index is -0.798. The topological polar surface area (TPSA) is 0 Å². The van der Waals surface area contributed by atoms with E-state index in [0.717, 1.165) is 22.9 Å². The van der Waals surface area contributed by atoms with Crippen LogP contribution in [0.15, 0.2) is 66.7 Å². The summed E-state index contributed by atoms with van der Waals surface area (Å²) in [5.41, 5.74) is 4.47. The van der Waals surface area contributed by atoms with Crippen LogP contribution in [-0.4, -0.2) is 0 Å². The lowest BCUT2D eigenvalue weighted by Crippen LogP contribution is -1.98. The van der Waals surface area contributed by atoms with Crippen molar-refractivity contribution in [2.75, 3.05) is 0 Å². The molecular weight excluding hydrogens is 465 g/mol. The molecule has 4 aromatic rings. The number of hydrogen-bond donors (Lipinski definition) is 0. The first-order valence-electron chi connectivity index (χ1n) is 12.4. The van der Waals surface area contributed by atoms with Gasteiger partial charge in [0.15, 0.2) is 0 Å². The molecule has 0 radical (unpaired) electrons. The fraction of sp³-hybridized carbons (Fsp3) is 0.290. The highest BCUT2D eigenvalue weighted by molar-refractivity contribution is 6.30. The Balaban J connectivity index is 1.45. The van der Waals surface area contributed by atoms with E-state index in [2.05, 4.69) is 31.2 Å². The van der Waals surface area contributed by atoms with E-state index in [-0.39, 0.29) is 5.82 Å². The largest absolute Gasteiger partial charge is 0.206 e. The first-order chi connectivity index (χ1) is 17.0. The lowest BCUT2D eigenvalue weighted by atomic mass is 9.96. The van der Waals surface area contributed by atoms with Crippen LogP contribution in [0.3, 0.4) is 0 Å². The number of fused-ring (bicyclic) bond motifs is 1. The molecule has 0 spiro atoms. The molecule has 0 saturated carbocycles. The molecule has 0 unspecified atom stereocenters. The summed E-state index contributed by atoms with van der Waals surface area (Å²) >= 11 is 5.55. The molecule has 0 saturated heterocycles. The molecule has 4 rings (SSSR count). The molecule has 35 heavy (non-hydrogen) atoms. The van der Waals surface area contributed by atoms with Crippen molar-refractivity contribution in [2.45, 2.75) is 58.3 Å². The van der Waals surface area contributed by atoms with E-state index in [4.69, 9.17) is 11.6 Å². The van der Waals surface area contributed by atoms with Gasteiger partial charge in [-0.15, -0.1) is 0 Å². The van der Waals surface area contributed by atoms with E-state index in [1.165, 1.54) is 49.8 Å². The SMILES string of the molecule is CCCCCCCc1ccc(-c2ccc3c(F)c(CCc4cc(F)c(Cl)c(F)c4)ccc3c2)cc1. The van der Waals surface area contributed by atoms with Gasteiger partial charge in [-0.3, -0.25) is 0 Å². The van der Waals surface area contributed by atoms with Crippen LogP contribution in [0.25, 0.3) is 21.9 Å². The molecule has 182 valence electrons. The molecular formula is C31H30ClF3. The second-order valence-corrected chi connectivity index (χ2v) is 9.59. The summed E-state index contributed by atoms with van der Waals surface area (Å²) in [6, 6.07) is 20.5. The fourth-order valence-corrected chi connectivity index (χ4v) is 4.65. The zero-order valence-electron chi connectivity index (χ0n) is 20.0. The average molecular weight is 495 g/mol. The third-order valence-electron chi connectivity index (χ3n) is 6.62. The van der Waals surface area contributed by atoms with Gasteiger partial charge in [-0.1, -0.05) is 92.7 Å². The average Bonchev–Trinajstić information content (AvgIpc) is 2.87. The lowest BCUT2D eigenvalue weighted by molar-refractivity contribution is 0.579. The Morgan fingerprint density at radius 3 is 2.03 bits per heavy atom. The Bertz CT molecular complexity index is 1270. The van der Waals surface area contributed by atoms with Gasteiger partial charge in [0, 0.05) is 5.39 Å². The normalized spacial score (nSPS) is 11.3. The molecule has 0 aliphatic carbocycles. The molecule has 4 aromatic carbocycles. The Labute approximate surface area is 210 Å². The van der Waals surface area contributed by atoms with E-state index in [1.807, 2.05) is 24.3 Å². The first kappa shape index (κ1) is 25.3. The van der Waals surface area contributed by atoms with E-state index < -0.39 is 16.7 Å². The summed E-state index contributed by atoms with van der Waals surface area (Å²) < 4.78 is 42.6. The molecule has 0 N–H and O–H groups in total. The number of rotatable bonds is 10. The molecule has 0 aliphatic heterocycles. The van der Waals surface area contributed by atoms with Crippen LogP contribution in [0.5, 0.6) is 0 Å². The maximum absolute atomic E-state index is 15.2. The third kappa shape index (κ3) is 6.27. The van der Waals surface area contributed by atoms with Crippen LogP contribution in [0.1, 0.15) is 55.7 Å². The first-order valence-corrected chi connectivity index (χ1v) is 12.8. The van der Waals surface area contributed by atoms with Gasteiger partial charge < -0.3 is 0 Å². The lowest BCUT2D eigenvalue weighted by Gasteiger charge is -2.10. The monoisotopic (exact) mass is 494 g/mol. The zero-order valence-corrected chi connectivity index (χ0v) is 20.8. The summed E-state index contributed by atoms with van der Waals surface area (Å²) in [6.07, 6.45) is 8.14. The van der Waals surface area contributed by atoms with Crippen molar-refractivity contribution in [2.24, 2.45) is 0 Å². The molecule has 0 bridgehead atoms. The molecule has 0 aromatic heterocycles. The van der Waals surface area contributed by atoms with E-state index in [0.29, 0.717) is 29.4 Å². The smallest absolute Gasteiger partial charge is 0.145 e. The maximum Gasteiger partial charge on any atom is 0.145 e. The number of unbranched alkanes of at least 4 members (excludes halogenated alkanes) is 4. The van der Waals surface area contributed by atoms with Gasteiger partial charge in [0.05, 0.1) is 0 Å². The van der Waals surface area contributed by atoms with Crippen LogP contribution in [0.2, 0.25) is 5.02 Å². The third-order valence-corrected chi connectivity index (χ3v) is 6.98. The predicted octanol–water partition coefficient (Wildman–Crippen LogP) is 9.88. The van der Waals surface area contributed by atoms with E-state index >= 15 is 4.39 Å². The summed E-state index contributed by atoms with van der Waals surface area (Å²) in [5.74, 6) is -1.89. The molecule has 0 amide bonds. The minimum absolute atomic E-state index is 0.289. The van der Waals surface area contributed by atoms with Crippen LogP contribution < -0.4 is 0 Å². The Morgan fingerprint density at radius 2 is 1.31 bits per heavy atom. The zero-order chi connectivity index (χ0) is 24.8. The van der Waals surface area contributed by atoms with Crippen molar-refractivity contribution in [3.05, 3.63) is 106 Å². The van der Waals surface area contributed by atoms with Crippen molar-refractivity contribution in [1.82, 2.24) is 0 Å². The molecule has 0 atom stereocenters. The van der Waals surface area contributed by atoms with E-state index in [9.17, 15) is 8.78 Å². The van der Waals surface area contributed by atoms with Crippen molar-refractivity contribution in [1.29, 1.82) is 0 Å². The second-order valence-electron chi connectivity index (χ2n) is 9.21. The van der Waals surface area contributed by atoms with Gasteiger partial charge in [0.2, 0.25) is 0 Å². The molecule has 0 fully saturated rings. The summed E-state index contributed by atoms with van der Waals surface area (Å²) in [6.45, 7) is 2.23. The van der Waals surface area contributed by atoms with Crippen molar-refractivity contribution < 1.29 is 13.2 Å².